The molecule has 39 heavy (non-hydrogen) atoms. The fraction of sp³-hybridized carbons (Fsp3) is 0.300. The van der Waals surface area contributed by atoms with Crippen molar-refractivity contribution in [3.63, 3.8) is 0 Å². The molecule has 1 unspecified atom stereocenters. The maximum Gasteiger partial charge on any atom is 0.310 e. The maximum atomic E-state index is 13.3. The Morgan fingerprint density at radius 2 is 1.90 bits per heavy atom. The third-order valence-electron chi connectivity index (χ3n) is 7.32. The van der Waals surface area contributed by atoms with Crippen molar-refractivity contribution in [3.05, 3.63) is 81.2 Å². The summed E-state index contributed by atoms with van der Waals surface area (Å²) in [5, 5.41) is 8.97. The minimum Gasteiger partial charge on any atom is -0.493 e. The van der Waals surface area contributed by atoms with Crippen molar-refractivity contribution < 1.29 is 28.2 Å². The average Bonchev–Trinajstić information content (AvgIpc) is 3.76. The lowest BCUT2D eigenvalue weighted by Gasteiger charge is -2.22. The number of benzene rings is 2. The number of amides is 1. The molecule has 0 N–H and O–H groups in total. The van der Waals surface area contributed by atoms with Crippen LogP contribution in [0.15, 0.2) is 63.6 Å². The van der Waals surface area contributed by atoms with E-state index in [1.165, 1.54) is 16.1 Å². The van der Waals surface area contributed by atoms with Gasteiger partial charge in [0.15, 0.2) is 18.1 Å². The summed E-state index contributed by atoms with van der Waals surface area (Å²) in [6.45, 7) is -0.408. The number of carbonyl (C=O) groups is 2. The van der Waals surface area contributed by atoms with Gasteiger partial charge in [-0.2, -0.15) is 5.10 Å². The normalized spacial score (nSPS) is 16.3. The molecule has 2 aromatic carbocycles. The number of furan rings is 1. The summed E-state index contributed by atoms with van der Waals surface area (Å²) >= 11 is 1.57. The Morgan fingerprint density at radius 1 is 1.08 bits per heavy atom. The Hall–Kier alpha value is -4.11. The fourth-order valence-electron chi connectivity index (χ4n) is 5.35. The summed E-state index contributed by atoms with van der Waals surface area (Å²) in [6, 6.07) is 13.3. The van der Waals surface area contributed by atoms with Crippen LogP contribution in [0.5, 0.6) is 11.5 Å². The number of rotatable bonds is 8. The highest BCUT2D eigenvalue weighted by Crippen LogP contribution is 2.38. The van der Waals surface area contributed by atoms with E-state index < -0.39 is 18.5 Å². The number of esters is 1. The minimum atomic E-state index is -0.490. The molecule has 1 aliphatic heterocycles. The molecule has 0 saturated heterocycles. The van der Waals surface area contributed by atoms with E-state index in [0.29, 0.717) is 17.9 Å². The van der Waals surface area contributed by atoms with Crippen LogP contribution in [0, 0.1) is 0 Å². The molecule has 200 valence electrons. The number of methoxy groups -OCH3 is 2. The largest absolute Gasteiger partial charge is 0.493 e. The van der Waals surface area contributed by atoms with Crippen molar-refractivity contribution in [1.82, 2.24) is 5.01 Å². The van der Waals surface area contributed by atoms with Crippen LogP contribution in [-0.2, 0) is 33.6 Å². The van der Waals surface area contributed by atoms with Crippen molar-refractivity contribution in [1.29, 1.82) is 0 Å². The second kappa shape index (κ2) is 10.6. The fourth-order valence-corrected chi connectivity index (χ4v) is 6.07. The molecule has 0 saturated carbocycles. The highest BCUT2D eigenvalue weighted by atomic mass is 32.1. The Balaban J connectivity index is 1.18. The third kappa shape index (κ3) is 4.90. The Bertz CT molecular complexity index is 1570. The molecule has 0 spiro atoms. The van der Waals surface area contributed by atoms with E-state index in [4.69, 9.17) is 18.6 Å². The van der Waals surface area contributed by atoms with Crippen molar-refractivity contribution in [2.75, 3.05) is 20.8 Å². The highest BCUT2D eigenvalue weighted by molar-refractivity contribution is 7.12. The standard InChI is InChI=1S/C30H28N2O6S/c1-35-25-9-8-20(13-27(25)36-2)24-15-23(28-7-4-10-39-28)31-32(24)29(33)17-38-30(34)14-21-16-37-26-12-19-6-3-5-18(19)11-22(21)26/h4,7-13,16,24H,3,5-6,14-15,17H2,1-2H3. The first-order valence-corrected chi connectivity index (χ1v) is 13.7. The summed E-state index contributed by atoms with van der Waals surface area (Å²) in [7, 11) is 3.15. The van der Waals surface area contributed by atoms with Gasteiger partial charge in [-0.15, -0.1) is 11.3 Å². The molecule has 0 radical (unpaired) electrons. The Kier molecular flexibility index (Phi) is 6.83. The molecular weight excluding hydrogens is 516 g/mol. The molecule has 2 aromatic heterocycles. The molecule has 0 fully saturated rings. The smallest absolute Gasteiger partial charge is 0.310 e. The van der Waals surface area contributed by atoms with Crippen LogP contribution in [0.25, 0.3) is 11.0 Å². The van der Waals surface area contributed by atoms with E-state index in [2.05, 4.69) is 17.2 Å². The monoisotopic (exact) mass is 544 g/mol. The number of nitrogens with zero attached hydrogens (tertiary/aromatic N) is 2. The number of ether oxygens (including phenoxy) is 3. The van der Waals surface area contributed by atoms with E-state index in [1.807, 2.05) is 35.7 Å². The van der Waals surface area contributed by atoms with Gasteiger partial charge in [0.2, 0.25) is 0 Å². The number of hydrogen-bond acceptors (Lipinski definition) is 8. The van der Waals surface area contributed by atoms with Gasteiger partial charge in [-0.3, -0.25) is 9.59 Å². The van der Waals surface area contributed by atoms with Crippen LogP contribution < -0.4 is 9.47 Å². The molecule has 4 aromatic rings. The van der Waals surface area contributed by atoms with E-state index in [-0.39, 0.29) is 12.5 Å². The van der Waals surface area contributed by atoms with Crippen LogP contribution in [0.2, 0.25) is 0 Å². The van der Waals surface area contributed by atoms with Crippen molar-refractivity contribution >= 4 is 39.9 Å². The summed E-state index contributed by atoms with van der Waals surface area (Å²) in [6.07, 6.45) is 5.40. The maximum absolute atomic E-state index is 13.3. The second-order valence-electron chi connectivity index (χ2n) is 9.67. The van der Waals surface area contributed by atoms with E-state index in [9.17, 15) is 9.59 Å². The molecule has 6 rings (SSSR count). The Labute approximate surface area is 229 Å². The first kappa shape index (κ1) is 25.2. The lowest BCUT2D eigenvalue weighted by molar-refractivity contribution is -0.152. The lowest BCUT2D eigenvalue weighted by Crippen LogP contribution is -2.31. The summed E-state index contributed by atoms with van der Waals surface area (Å²) in [5.74, 6) is 0.277. The van der Waals surface area contributed by atoms with Crippen molar-refractivity contribution in [2.24, 2.45) is 5.10 Å². The van der Waals surface area contributed by atoms with Crippen LogP contribution in [0.3, 0.4) is 0 Å². The first-order chi connectivity index (χ1) is 19.0. The lowest BCUT2D eigenvalue weighted by atomic mass is 10.0. The van der Waals surface area contributed by atoms with Gasteiger partial charge in [0.05, 0.1) is 43.5 Å². The second-order valence-corrected chi connectivity index (χ2v) is 10.6. The molecule has 9 heteroatoms. The van der Waals surface area contributed by atoms with Gasteiger partial charge < -0.3 is 18.6 Å². The molecular formula is C30H28N2O6S. The summed E-state index contributed by atoms with van der Waals surface area (Å²) in [4.78, 5) is 27.1. The van der Waals surface area contributed by atoms with Gasteiger partial charge in [-0.1, -0.05) is 12.1 Å². The molecule has 3 heterocycles. The van der Waals surface area contributed by atoms with Gasteiger partial charge >= 0.3 is 5.97 Å². The van der Waals surface area contributed by atoms with Gasteiger partial charge in [0, 0.05) is 17.4 Å². The topological polar surface area (TPSA) is 90.6 Å². The zero-order valence-electron chi connectivity index (χ0n) is 21.8. The van der Waals surface area contributed by atoms with Gasteiger partial charge in [-0.25, -0.2) is 5.01 Å². The number of carbonyl (C=O) groups excluding carboxylic acids is 2. The SMILES string of the molecule is COc1ccc(C2CC(c3cccs3)=NN2C(=O)COC(=O)Cc2coc3cc4c(cc23)CCC4)cc1OC. The molecule has 8 nitrogen and oxygen atoms in total. The highest BCUT2D eigenvalue weighted by Gasteiger charge is 2.34. The van der Waals surface area contributed by atoms with Crippen molar-refractivity contribution in [2.45, 2.75) is 38.1 Å². The molecule has 1 amide bonds. The summed E-state index contributed by atoms with van der Waals surface area (Å²) in [5.41, 5.74) is 5.82. The quantitative estimate of drug-likeness (QED) is 0.274. The van der Waals surface area contributed by atoms with E-state index in [0.717, 1.165) is 51.9 Å². The molecule has 0 bridgehead atoms. The molecule has 1 aliphatic carbocycles. The first-order valence-electron chi connectivity index (χ1n) is 12.9. The van der Waals surface area contributed by atoms with Crippen LogP contribution in [-0.4, -0.2) is 43.4 Å². The minimum absolute atomic E-state index is 0.0296. The van der Waals surface area contributed by atoms with Crippen molar-refractivity contribution in [3.8, 4) is 11.5 Å². The van der Waals surface area contributed by atoms with Gasteiger partial charge in [0.25, 0.3) is 5.91 Å². The van der Waals surface area contributed by atoms with Gasteiger partial charge in [-0.05, 0) is 71.7 Å². The van der Waals surface area contributed by atoms with E-state index >= 15 is 0 Å². The zero-order chi connectivity index (χ0) is 26.9. The predicted molar refractivity (Wildman–Crippen MR) is 148 cm³/mol. The molecule has 1 atom stereocenters. The summed E-state index contributed by atoms with van der Waals surface area (Å²) < 4.78 is 22.0. The number of fused-ring (bicyclic) bond motifs is 2. The van der Waals surface area contributed by atoms with E-state index in [1.54, 1.807) is 31.8 Å². The number of hydrazone groups is 1. The van der Waals surface area contributed by atoms with Crippen LogP contribution >= 0.6 is 11.3 Å². The van der Waals surface area contributed by atoms with Gasteiger partial charge in [0.1, 0.15) is 5.58 Å². The number of aryl methyl sites for hydroxylation is 2. The van der Waals surface area contributed by atoms with Crippen LogP contribution in [0.4, 0.5) is 0 Å². The predicted octanol–water partition coefficient (Wildman–Crippen LogP) is 5.46. The Morgan fingerprint density at radius 3 is 2.67 bits per heavy atom. The molecule has 2 aliphatic rings. The average molecular weight is 545 g/mol. The number of hydrogen-bond donors (Lipinski definition) is 0. The number of thiophene rings is 1. The zero-order valence-corrected chi connectivity index (χ0v) is 22.6. The third-order valence-corrected chi connectivity index (χ3v) is 8.24. The van der Waals surface area contributed by atoms with Crippen LogP contribution in [0.1, 0.15) is 46.0 Å².